The molecule has 6 nitrogen and oxygen atoms in total. The Balaban J connectivity index is 1.40. The van der Waals surface area contributed by atoms with Gasteiger partial charge in [-0.1, -0.05) is 11.6 Å². The summed E-state index contributed by atoms with van der Waals surface area (Å²) in [6, 6.07) is 2.87. The molecule has 1 fully saturated rings. The topological polar surface area (TPSA) is 69.7 Å². The maximum Gasteiger partial charge on any atom is 0.304 e. The zero-order valence-electron chi connectivity index (χ0n) is 15.5. The number of H-pyrrole nitrogens is 1. The fourth-order valence-electron chi connectivity index (χ4n) is 3.68. The molecule has 1 aliphatic rings. The van der Waals surface area contributed by atoms with Gasteiger partial charge in [-0.05, 0) is 37.9 Å². The van der Waals surface area contributed by atoms with Crippen molar-refractivity contribution in [2.45, 2.75) is 31.2 Å². The smallest absolute Gasteiger partial charge is 0.304 e. The molecule has 1 atom stereocenters. The molecule has 0 spiro atoms. The lowest BCUT2D eigenvalue weighted by molar-refractivity contribution is -0.0440. The number of fused-ring (bicyclic) bond motifs is 1. The lowest BCUT2D eigenvalue weighted by atomic mass is 10.1. The molecule has 2 N–H and O–H groups in total. The molecule has 0 bridgehead atoms. The first-order valence-corrected chi connectivity index (χ1v) is 9.76. The first kappa shape index (κ1) is 19.9. The third kappa shape index (κ3) is 4.45. The fourth-order valence-corrected chi connectivity index (χ4v) is 3.82. The summed E-state index contributed by atoms with van der Waals surface area (Å²) in [5, 5.41) is 4.29. The number of likely N-dealkylation sites (tertiary alicyclic amines) is 1. The third-order valence-electron chi connectivity index (χ3n) is 5.09. The van der Waals surface area contributed by atoms with E-state index in [0.717, 1.165) is 42.0 Å². The Morgan fingerprint density at radius 1 is 1.24 bits per heavy atom. The van der Waals surface area contributed by atoms with Crippen LogP contribution in [0.1, 0.15) is 25.0 Å². The Hall–Kier alpha value is -2.39. The molecule has 3 aromatic heterocycles. The zero-order chi connectivity index (χ0) is 20.4. The van der Waals surface area contributed by atoms with Crippen LogP contribution in [-0.4, -0.2) is 50.5 Å². The van der Waals surface area contributed by atoms with Crippen LogP contribution in [0.4, 0.5) is 19.0 Å². The number of anilines is 1. The normalized spacial score (nSPS) is 18.7. The van der Waals surface area contributed by atoms with Crippen molar-refractivity contribution in [2.75, 3.05) is 25.0 Å². The molecule has 1 unspecified atom stereocenters. The average molecular weight is 425 g/mol. The summed E-state index contributed by atoms with van der Waals surface area (Å²) in [7, 11) is 0. The Bertz CT molecular complexity index is 995. The second-order valence-electron chi connectivity index (χ2n) is 7.20. The number of aromatic amines is 1. The number of nitrogens with zero attached hydrogens (tertiary/aromatic N) is 4. The molecule has 3 aromatic rings. The van der Waals surface area contributed by atoms with Gasteiger partial charge in [-0.3, -0.25) is 9.88 Å². The Morgan fingerprint density at radius 3 is 2.93 bits per heavy atom. The summed E-state index contributed by atoms with van der Waals surface area (Å²) < 4.78 is 43.2. The number of hydrogen-bond acceptors (Lipinski definition) is 5. The molecule has 154 valence electrons. The van der Waals surface area contributed by atoms with Crippen molar-refractivity contribution in [3.63, 3.8) is 0 Å². The number of halogens is 4. The molecule has 0 aromatic carbocycles. The van der Waals surface area contributed by atoms with E-state index in [1.165, 1.54) is 6.33 Å². The molecule has 0 aliphatic carbocycles. The number of pyridine rings is 1. The first-order chi connectivity index (χ1) is 13.9. The maximum atomic E-state index is 14.6. The second-order valence-corrected chi connectivity index (χ2v) is 7.64. The van der Waals surface area contributed by atoms with Crippen molar-refractivity contribution < 1.29 is 13.2 Å². The van der Waals surface area contributed by atoms with E-state index >= 15 is 0 Å². The molecular weight excluding hydrogens is 405 g/mol. The van der Waals surface area contributed by atoms with Crippen LogP contribution in [0.3, 0.4) is 0 Å². The maximum absolute atomic E-state index is 14.6. The van der Waals surface area contributed by atoms with E-state index in [9.17, 15) is 13.2 Å². The molecule has 0 saturated carbocycles. The lowest BCUT2D eigenvalue weighted by Gasteiger charge is -2.26. The molecule has 0 amide bonds. The van der Waals surface area contributed by atoms with E-state index in [1.807, 2.05) is 6.07 Å². The van der Waals surface area contributed by atoms with Crippen molar-refractivity contribution in [2.24, 2.45) is 0 Å². The van der Waals surface area contributed by atoms with E-state index in [2.05, 4.69) is 25.3 Å². The average Bonchev–Trinajstić information content (AvgIpc) is 3.05. The number of hydrogen-bond donors (Lipinski definition) is 2. The highest BCUT2D eigenvalue weighted by Gasteiger charge is 2.38. The quantitative estimate of drug-likeness (QED) is 0.642. The van der Waals surface area contributed by atoms with Crippen molar-refractivity contribution in [3.05, 3.63) is 47.4 Å². The Kier molecular flexibility index (Phi) is 5.60. The minimum atomic E-state index is -3.40. The van der Waals surface area contributed by atoms with Crippen molar-refractivity contribution in [3.8, 4) is 0 Å². The monoisotopic (exact) mass is 424 g/mol. The van der Waals surface area contributed by atoms with Crippen LogP contribution in [0.15, 0.2) is 30.9 Å². The molecule has 4 rings (SSSR count). The molecule has 29 heavy (non-hydrogen) atoms. The van der Waals surface area contributed by atoms with Crippen molar-refractivity contribution >= 4 is 28.5 Å². The van der Waals surface area contributed by atoms with Gasteiger partial charge in [0.2, 0.25) is 0 Å². The predicted octanol–water partition coefficient (Wildman–Crippen LogP) is 4.20. The predicted molar refractivity (Wildman–Crippen MR) is 105 cm³/mol. The van der Waals surface area contributed by atoms with Gasteiger partial charge >= 0.3 is 5.92 Å². The van der Waals surface area contributed by atoms with Crippen LogP contribution in [-0.2, 0) is 5.92 Å². The second kappa shape index (κ2) is 8.16. The summed E-state index contributed by atoms with van der Waals surface area (Å²) in [5.41, 5.74) is -0.119. The summed E-state index contributed by atoms with van der Waals surface area (Å²) in [5.74, 6) is -3.75. The van der Waals surface area contributed by atoms with Gasteiger partial charge in [-0.15, -0.1) is 0 Å². The third-order valence-corrected chi connectivity index (χ3v) is 5.30. The summed E-state index contributed by atoms with van der Waals surface area (Å²) in [4.78, 5) is 16.7. The van der Waals surface area contributed by atoms with Crippen LogP contribution in [0.25, 0.3) is 11.0 Å². The highest BCUT2D eigenvalue weighted by molar-refractivity contribution is 6.30. The van der Waals surface area contributed by atoms with E-state index in [-0.39, 0.29) is 11.1 Å². The van der Waals surface area contributed by atoms with E-state index < -0.39 is 24.0 Å². The van der Waals surface area contributed by atoms with Crippen molar-refractivity contribution in [1.29, 1.82) is 0 Å². The van der Waals surface area contributed by atoms with Crippen LogP contribution >= 0.6 is 11.6 Å². The van der Waals surface area contributed by atoms with E-state index in [4.69, 9.17) is 11.6 Å². The van der Waals surface area contributed by atoms with E-state index in [1.54, 1.807) is 11.1 Å². The molecular formula is C19H20ClF3N6. The zero-order valence-corrected chi connectivity index (χ0v) is 16.3. The molecule has 4 heterocycles. The van der Waals surface area contributed by atoms with Gasteiger partial charge in [0.15, 0.2) is 5.82 Å². The van der Waals surface area contributed by atoms with Crippen LogP contribution in [0.2, 0.25) is 5.02 Å². The van der Waals surface area contributed by atoms with Gasteiger partial charge < -0.3 is 10.3 Å². The minimum Gasteiger partial charge on any atom is -0.367 e. The molecule has 1 aliphatic heterocycles. The van der Waals surface area contributed by atoms with Gasteiger partial charge in [0.05, 0.1) is 17.0 Å². The molecule has 0 radical (unpaired) electrons. The van der Waals surface area contributed by atoms with Crippen LogP contribution < -0.4 is 5.32 Å². The van der Waals surface area contributed by atoms with Gasteiger partial charge in [-0.2, -0.15) is 8.78 Å². The van der Waals surface area contributed by atoms with Crippen LogP contribution in [0, 0.1) is 5.82 Å². The lowest BCUT2D eigenvalue weighted by Crippen LogP contribution is -2.37. The summed E-state index contributed by atoms with van der Waals surface area (Å²) >= 11 is 5.62. The van der Waals surface area contributed by atoms with Gasteiger partial charge in [0, 0.05) is 25.0 Å². The van der Waals surface area contributed by atoms with Crippen molar-refractivity contribution in [1.82, 2.24) is 24.8 Å². The standard InChI is InChI=1S/C19H20ClF3N6/c20-12-8-15(21)16(25-9-12)19(22,23)10-29-6-1-2-13(4-7-29)28-18-14-3-5-24-17(14)26-11-27-18/h3,5,8-9,11,13H,1-2,4,6-7,10H2,(H2,24,26,27,28). The first-order valence-electron chi connectivity index (χ1n) is 9.39. The number of aromatic nitrogens is 4. The van der Waals surface area contributed by atoms with Gasteiger partial charge in [-0.25, -0.2) is 14.4 Å². The van der Waals surface area contributed by atoms with Crippen LogP contribution in [0.5, 0.6) is 0 Å². The fraction of sp³-hybridized carbons (Fsp3) is 0.421. The molecule has 1 saturated heterocycles. The summed E-state index contributed by atoms with van der Waals surface area (Å²) in [6.07, 6.45) is 6.56. The highest BCUT2D eigenvalue weighted by Crippen LogP contribution is 2.31. The van der Waals surface area contributed by atoms with Gasteiger partial charge in [0.1, 0.15) is 23.5 Å². The van der Waals surface area contributed by atoms with E-state index in [0.29, 0.717) is 19.5 Å². The minimum absolute atomic E-state index is 0.00742. The van der Waals surface area contributed by atoms with Gasteiger partial charge in [0.25, 0.3) is 0 Å². The summed E-state index contributed by atoms with van der Waals surface area (Å²) in [6.45, 7) is 0.386. The number of nitrogens with one attached hydrogen (secondary N) is 2. The molecule has 10 heteroatoms. The number of alkyl halides is 2. The largest absolute Gasteiger partial charge is 0.367 e. The SMILES string of the molecule is Fc1cc(Cl)cnc1C(F)(F)CN1CCCC(Nc2ncnc3[nH]ccc23)CC1. The Morgan fingerprint density at radius 2 is 2.10 bits per heavy atom. The number of rotatable bonds is 5. The highest BCUT2D eigenvalue weighted by atomic mass is 35.5. The Labute approximate surface area is 170 Å².